The number of hydrogen-bond donors (Lipinski definition) is 0. The monoisotopic (exact) mass is 928 g/mol. The molecule has 73 heavy (non-hydrogen) atoms. The Morgan fingerprint density at radius 2 is 0.726 bits per heavy atom. The number of fused-ring (bicyclic) bond motifs is 18. The van der Waals surface area contributed by atoms with Crippen molar-refractivity contribution in [3.05, 3.63) is 310 Å². The van der Waals surface area contributed by atoms with Gasteiger partial charge in [0.05, 0.1) is 27.6 Å². The van der Waals surface area contributed by atoms with Crippen molar-refractivity contribution in [2.75, 3.05) is 4.90 Å². The highest BCUT2D eigenvalue weighted by Gasteiger charge is 2.52. The van der Waals surface area contributed by atoms with E-state index in [-0.39, 0.29) is 5.41 Å². The third-order valence-electron chi connectivity index (χ3n) is 17.5. The van der Waals surface area contributed by atoms with Crippen LogP contribution in [0.25, 0.3) is 60.9 Å². The molecule has 3 aliphatic carbocycles. The van der Waals surface area contributed by atoms with Crippen LogP contribution >= 0.6 is 0 Å². The Balaban J connectivity index is 1.01. The fourth-order valence-electron chi connectivity index (χ4n) is 14.5. The highest BCUT2D eigenvalue weighted by atomic mass is 15.1. The first kappa shape index (κ1) is 40.7. The number of nitrogens with zero attached hydrogens (tertiary/aromatic N) is 2. The highest BCUT2D eigenvalue weighted by Crippen LogP contribution is 2.63. The summed E-state index contributed by atoms with van der Waals surface area (Å²) in [5.74, 6) is 0. The predicted octanol–water partition coefficient (Wildman–Crippen LogP) is 17.6. The minimum Gasteiger partial charge on any atom is -0.310 e. The van der Waals surface area contributed by atoms with E-state index in [9.17, 15) is 0 Å². The largest absolute Gasteiger partial charge is 0.310 e. The number of anilines is 3. The molecule has 1 spiro atoms. The molecule has 1 aliphatic heterocycles. The van der Waals surface area contributed by atoms with Crippen molar-refractivity contribution in [2.45, 2.75) is 30.1 Å². The Morgan fingerprint density at radius 3 is 1.34 bits per heavy atom. The SMILES string of the molecule is CC1(C)c2ccccc2-c2ccc(N(c3ccc4c(c3)C(c3ccccc3)(c3ccccc3)c3ccccc3-4)c3ccc4c(c3)C3(c5ccccc5-c5ccccc53)c3cccc5c6ccccc6n-4c35)cc21. The molecule has 0 unspecified atom stereocenters. The van der Waals surface area contributed by atoms with Crippen LogP contribution in [0.15, 0.2) is 255 Å². The zero-order valence-corrected chi connectivity index (χ0v) is 40.6. The Hall–Kier alpha value is -8.98. The van der Waals surface area contributed by atoms with Gasteiger partial charge in [0.2, 0.25) is 0 Å². The maximum absolute atomic E-state index is 2.56. The number of hydrogen-bond acceptors (Lipinski definition) is 1. The lowest BCUT2D eigenvalue weighted by atomic mass is 9.65. The molecule has 0 amide bonds. The Morgan fingerprint density at radius 1 is 0.301 bits per heavy atom. The summed E-state index contributed by atoms with van der Waals surface area (Å²) in [4.78, 5) is 2.56. The zero-order valence-electron chi connectivity index (χ0n) is 40.6. The highest BCUT2D eigenvalue weighted by molar-refractivity contribution is 6.13. The van der Waals surface area contributed by atoms with Crippen molar-refractivity contribution in [1.29, 1.82) is 0 Å². The lowest BCUT2D eigenvalue weighted by Crippen LogP contribution is -2.33. The van der Waals surface area contributed by atoms with E-state index in [0.29, 0.717) is 0 Å². The zero-order chi connectivity index (χ0) is 48.2. The van der Waals surface area contributed by atoms with Gasteiger partial charge in [-0.1, -0.05) is 220 Å². The standard InChI is InChI=1S/C71H48N2/c1-69(2)58-30-14-9-24-50(58)54-39-36-47(42-63(54)69)72(48-37-40-55-53-27-10-15-31-59(53)70(64(55)43-48,45-20-5-3-6-21-45)46-22-7-4-8-23-46)49-38-41-67-65(44-49)71(60-32-16-11-25-51(60)52-26-12-17-33-61(52)71)62-34-19-29-57-56-28-13-18-35-66(56)73(67)68(57)62/h3-44H,1-2H3. The average molecular weight is 929 g/mol. The Bertz CT molecular complexity index is 4220. The summed E-state index contributed by atoms with van der Waals surface area (Å²) in [6, 6.07) is 96.7. The van der Waals surface area contributed by atoms with Crippen molar-refractivity contribution < 1.29 is 0 Å². The van der Waals surface area contributed by atoms with Gasteiger partial charge < -0.3 is 9.47 Å². The molecule has 0 fully saturated rings. The van der Waals surface area contributed by atoms with Crippen LogP contribution in [0.3, 0.4) is 0 Å². The summed E-state index contributed by atoms with van der Waals surface area (Å²) < 4.78 is 2.56. The van der Waals surface area contributed by atoms with Crippen LogP contribution in [-0.4, -0.2) is 4.57 Å². The molecule has 4 aliphatic rings. The number of aromatic nitrogens is 1. The summed E-state index contributed by atoms with van der Waals surface area (Å²) >= 11 is 0. The average Bonchev–Trinajstić information content (AvgIpc) is 4.15. The molecule has 16 rings (SSSR count). The second-order valence-corrected chi connectivity index (χ2v) is 21.1. The van der Waals surface area contributed by atoms with Crippen LogP contribution in [-0.2, 0) is 16.2 Å². The molecule has 0 radical (unpaired) electrons. The summed E-state index contributed by atoms with van der Waals surface area (Å²) in [5, 5.41) is 2.56. The lowest BCUT2D eigenvalue weighted by molar-refractivity contribution is 0.660. The Kier molecular flexibility index (Phi) is 8.12. The topological polar surface area (TPSA) is 8.17 Å². The molecule has 12 aromatic rings. The minimum absolute atomic E-state index is 0.190. The number of para-hydroxylation sites is 2. The van der Waals surface area contributed by atoms with E-state index in [1.54, 1.807) is 0 Å². The lowest BCUT2D eigenvalue weighted by Gasteiger charge is -2.40. The van der Waals surface area contributed by atoms with Crippen molar-refractivity contribution in [3.8, 4) is 39.1 Å². The summed E-state index contributed by atoms with van der Waals surface area (Å²) in [7, 11) is 0. The molecule has 1 aromatic heterocycles. The first-order valence-electron chi connectivity index (χ1n) is 25.8. The molecule has 0 saturated carbocycles. The van der Waals surface area contributed by atoms with Crippen LogP contribution in [0, 0.1) is 0 Å². The smallest absolute Gasteiger partial charge is 0.0755 e. The van der Waals surface area contributed by atoms with Gasteiger partial charge >= 0.3 is 0 Å². The summed E-state index contributed by atoms with van der Waals surface area (Å²) in [6.07, 6.45) is 0. The van der Waals surface area contributed by atoms with Crippen LogP contribution < -0.4 is 4.90 Å². The molecule has 0 atom stereocenters. The van der Waals surface area contributed by atoms with Gasteiger partial charge in [-0.05, 0) is 138 Å². The summed E-state index contributed by atoms with van der Waals surface area (Å²) in [6.45, 7) is 4.79. The summed E-state index contributed by atoms with van der Waals surface area (Å²) in [5.41, 5.74) is 26.6. The maximum Gasteiger partial charge on any atom is 0.0755 e. The molecule has 2 heteroatoms. The van der Waals surface area contributed by atoms with E-state index >= 15 is 0 Å². The van der Waals surface area contributed by atoms with E-state index < -0.39 is 10.8 Å². The molecule has 0 bridgehead atoms. The maximum atomic E-state index is 2.56. The van der Waals surface area contributed by atoms with Crippen molar-refractivity contribution >= 4 is 38.9 Å². The van der Waals surface area contributed by atoms with Crippen LogP contribution in [0.1, 0.15) is 69.5 Å². The van der Waals surface area contributed by atoms with E-state index in [2.05, 4.69) is 278 Å². The molecule has 342 valence electrons. The van der Waals surface area contributed by atoms with Crippen LogP contribution in [0.2, 0.25) is 0 Å². The third-order valence-corrected chi connectivity index (χ3v) is 17.5. The van der Waals surface area contributed by atoms with Gasteiger partial charge in [0.25, 0.3) is 0 Å². The van der Waals surface area contributed by atoms with Crippen molar-refractivity contribution in [1.82, 2.24) is 4.57 Å². The van der Waals surface area contributed by atoms with Gasteiger partial charge in [-0.25, -0.2) is 0 Å². The van der Waals surface area contributed by atoms with Gasteiger partial charge in [-0.2, -0.15) is 0 Å². The van der Waals surface area contributed by atoms with Gasteiger partial charge in [-0.3, -0.25) is 0 Å². The minimum atomic E-state index is -0.592. The molecular weight excluding hydrogens is 881 g/mol. The van der Waals surface area contributed by atoms with E-state index in [0.717, 1.165) is 17.1 Å². The second kappa shape index (κ2) is 14.6. The Labute approximate surface area is 425 Å². The first-order chi connectivity index (χ1) is 36.0. The van der Waals surface area contributed by atoms with E-state index in [1.807, 2.05) is 0 Å². The molecule has 2 nitrogen and oxygen atoms in total. The fourth-order valence-corrected chi connectivity index (χ4v) is 14.5. The van der Waals surface area contributed by atoms with Crippen molar-refractivity contribution in [3.63, 3.8) is 0 Å². The molecular formula is C71H48N2. The predicted molar refractivity (Wildman–Crippen MR) is 301 cm³/mol. The number of benzene rings is 11. The molecule has 0 saturated heterocycles. The quantitative estimate of drug-likeness (QED) is 0.167. The molecule has 11 aromatic carbocycles. The van der Waals surface area contributed by atoms with Crippen LogP contribution in [0.4, 0.5) is 17.1 Å². The van der Waals surface area contributed by atoms with Crippen LogP contribution in [0.5, 0.6) is 0 Å². The van der Waals surface area contributed by atoms with Gasteiger partial charge in [0.1, 0.15) is 0 Å². The van der Waals surface area contributed by atoms with Gasteiger partial charge in [0.15, 0.2) is 0 Å². The third kappa shape index (κ3) is 5.08. The van der Waals surface area contributed by atoms with E-state index in [1.165, 1.54) is 117 Å². The van der Waals surface area contributed by atoms with E-state index in [4.69, 9.17) is 0 Å². The molecule has 2 heterocycles. The van der Waals surface area contributed by atoms with Crippen molar-refractivity contribution in [2.24, 2.45) is 0 Å². The number of rotatable bonds is 5. The fraction of sp³-hybridized carbons (Fsp3) is 0.0704. The normalized spacial score (nSPS) is 15.0. The second-order valence-electron chi connectivity index (χ2n) is 21.1. The first-order valence-corrected chi connectivity index (χ1v) is 25.8. The molecule has 0 N–H and O–H groups in total. The van der Waals surface area contributed by atoms with Gasteiger partial charge in [0, 0.05) is 33.2 Å². The van der Waals surface area contributed by atoms with Gasteiger partial charge in [-0.15, -0.1) is 0 Å².